The van der Waals surface area contributed by atoms with E-state index in [1.807, 2.05) is 13.2 Å². The fourth-order valence-corrected chi connectivity index (χ4v) is 2.61. The lowest BCUT2D eigenvalue weighted by Crippen LogP contribution is -2.46. The number of carbonyl (C=O) groups excluding carboxylic acids is 1. The molecule has 2 aromatic rings. The number of hydrogen-bond acceptors (Lipinski definition) is 4. The summed E-state index contributed by atoms with van der Waals surface area (Å²) < 4.78 is 1.78. The van der Waals surface area contributed by atoms with Gasteiger partial charge in [0.05, 0.1) is 0 Å². The van der Waals surface area contributed by atoms with Gasteiger partial charge in [-0.3, -0.25) is 4.79 Å². The number of rotatable bonds is 3. The smallest absolute Gasteiger partial charge is 0.268 e. The zero-order chi connectivity index (χ0) is 14.9. The normalized spacial score (nSPS) is 21.4. The molecule has 7 heteroatoms. The summed E-state index contributed by atoms with van der Waals surface area (Å²) in [5.74, 6) is 0.404. The maximum atomic E-state index is 12.5. The Morgan fingerprint density at radius 3 is 3.00 bits per heavy atom. The van der Waals surface area contributed by atoms with E-state index in [1.165, 1.54) is 0 Å². The Kier molecular flexibility index (Phi) is 3.32. The molecule has 0 bridgehead atoms. The van der Waals surface area contributed by atoms with Crippen molar-refractivity contribution in [1.29, 1.82) is 0 Å². The van der Waals surface area contributed by atoms with E-state index in [-0.39, 0.29) is 11.4 Å². The van der Waals surface area contributed by atoms with Gasteiger partial charge in [-0.15, -0.1) is 10.2 Å². The topological polar surface area (TPSA) is 88.5 Å². The lowest BCUT2D eigenvalue weighted by atomic mass is 9.87. The third kappa shape index (κ3) is 2.72. The number of aromatic nitrogens is 5. The van der Waals surface area contributed by atoms with Gasteiger partial charge in [0.15, 0.2) is 0 Å². The van der Waals surface area contributed by atoms with E-state index in [0.29, 0.717) is 11.5 Å². The summed E-state index contributed by atoms with van der Waals surface area (Å²) in [6.07, 6.45) is 8.92. The van der Waals surface area contributed by atoms with Gasteiger partial charge < -0.3 is 9.88 Å². The van der Waals surface area contributed by atoms with Crippen LogP contribution in [-0.4, -0.2) is 36.6 Å². The third-order valence-electron chi connectivity index (χ3n) is 3.85. The van der Waals surface area contributed by atoms with Crippen LogP contribution in [0.25, 0.3) is 11.4 Å². The lowest BCUT2D eigenvalue weighted by Gasteiger charge is -2.31. The van der Waals surface area contributed by atoms with Crippen LogP contribution in [-0.2, 0) is 7.05 Å². The van der Waals surface area contributed by atoms with E-state index < -0.39 is 0 Å². The molecule has 0 fully saturated rings. The number of aryl methyl sites for hydroxylation is 1. The Balaban J connectivity index is 1.80. The average Bonchev–Trinajstić information content (AvgIpc) is 3.07. The molecule has 110 valence electrons. The number of allylic oxidation sites excluding steroid dienone is 1. The summed E-state index contributed by atoms with van der Waals surface area (Å²) in [6.45, 7) is 2.08. The highest BCUT2D eigenvalue weighted by Gasteiger charge is 2.27. The second-order valence-corrected chi connectivity index (χ2v) is 5.69. The molecule has 3 rings (SSSR count). The van der Waals surface area contributed by atoms with E-state index in [9.17, 15) is 4.79 Å². The summed E-state index contributed by atoms with van der Waals surface area (Å²) in [6, 6.07) is 1.78. The molecule has 0 spiro atoms. The molecule has 0 radical (unpaired) electrons. The zero-order valence-corrected chi connectivity index (χ0v) is 12.1. The molecule has 0 aromatic carbocycles. The number of aromatic amines is 1. The Morgan fingerprint density at radius 1 is 1.48 bits per heavy atom. The van der Waals surface area contributed by atoms with Crippen molar-refractivity contribution in [2.24, 2.45) is 7.05 Å². The Bertz CT molecular complexity index is 672. The van der Waals surface area contributed by atoms with Gasteiger partial charge in [-0.1, -0.05) is 12.2 Å². The number of nitrogens with one attached hydrogen (secondary N) is 2. The minimum Gasteiger partial charge on any atom is -0.346 e. The summed E-state index contributed by atoms with van der Waals surface area (Å²) in [4.78, 5) is 12.5. The van der Waals surface area contributed by atoms with Crippen LogP contribution in [0.1, 0.15) is 36.7 Å². The van der Waals surface area contributed by atoms with Crippen LogP contribution in [0, 0.1) is 0 Å². The number of tetrazole rings is 1. The Labute approximate surface area is 122 Å². The highest BCUT2D eigenvalue weighted by atomic mass is 16.2. The highest BCUT2D eigenvalue weighted by Crippen LogP contribution is 2.24. The van der Waals surface area contributed by atoms with E-state index in [4.69, 9.17) is 0 Å². The molecular formula is C14H18N6O. The van der Waals surface area contributed by atoms with Gasteiger partial charge in [0.25, 0.3) is 5.91 Å². The van der Waals surface area contributed by atoms with Crippen molar-refractivity contribution >= 4 is 5.91 Å². The largest absolute Gasteiger partial charge is 0.346 e. The van der Waals surface area contributed by atoms with Crippen LogP contribution in [0.15, 0.2) is 24.4 Å². The number of amides is 1. The SMILES string of the molecule is Cn1cc(-c2nn[nH]n2)cc1C(=O)NC1(C)CC=CCC1. The number of carbonyl (C=O) groups is 1. The van der Waals surface area contributed by atoms with Gasteiger partial charge >= 0.3 is 0 Å². The second kappa shape index (κ2) is 5.16. The fraction of sp³-hybridized carbons (Fsp3) is 0.429. The molecule has 2 heterocycles. The molecule has 1 unspecified atom stereocenters. The highest BCUT2D eigenvalue weighted by molar-refractivity contribution is 5.94. The molecule has 0 saturated carbocycles. The molecule has 1 aliphatic carbocycles. The Hall–Kier alpha value is -2.44. The number of H-pyrrole nitrogens is 1. The van der Waals surface area contributed by atoms with Crippen molar-refractivity contribution in [3.8, 4) is 11.4 Å². The Morgan fingerprint density at radius 2 is 2.33 bits per heavy atom. The third-order valence-corrected chi connectivity index (χ3v) is 3.85. The maximum absolute atomic E-state index is 12.5. The molecule has 1 aliphatic rings. The van der Waals surface area contributed by atoms with Crippen molar-refractivity contribution in [1.82, 2.24) is 30.5 Å². The molecule has 0 aliphatic heterocycles. The van der Waals surface area contributed by atoms with Gasteiger partial charge in [-0.2, -0.15) is 5.21 Å². The van der Waals surface area contributed by atoms with E-state index in [0.717, 1.165) is 24.8 Å². The van der Waals surface area contributed by atoms with Crippen molar-refractivity contribution < 1.29 is 4.79 Å². The molecule has 1 atom stereocenters. The molecule has 0 saturated heterocycles. The van der Waals surface area contributed by atoms with Crippen LogP contribution >= 0.6 is 0 Å². The van der Waals surface area contributed by atoms with Crippen molar-refractivity contribution in [3.63, 3.8) is 0 Å². The molecule has 21 heavy (non-hydrogen) atoms. The van der Waals surface area contributed by atoms with Crippen molar-refractivity contribution in [3.05, 3.63) is 30.1 Å². The quantitative estimate of drug-likeness (QED) is 0.835. The standard InChI is InChI=1S/C14H18N6O/c1-14(6-4-3-5-7-14)15-13(21)11-8-10(9-20(11)2)12-16-18-19-17-12/h3-4,8-9H,5-7H2,1-2H3,(H,15,21)(H,16,17,18,19). The number of hydrogen-bond donors (Lipinski definition) is 2. The lowest BCUT2D eigenvalue weighted by molar-refractivity contribution is 0.0892. The summed E-state index contributed by atoms with van der Waals surface area (Å²) in [5, 5.41) is 16.9. The summed E-state index contributed by atoms with van der Waals surface area (Å²) in [5.41, 5.74) is 1.18. The molecule has 1 amide bonds. The van der Waals surface area contributed by atoms with Gasteiger partial charge in [-0.25, -0.2) is 0 Å². The molecular weight excluding hydrogens is 268 g/mol. The van der Waals surface area contributed by atoms with Crippen LogP contribution in [0.5, 0.6) is 0 Å². The van der Waals surface area contributed by atoms with Gasteiger partial charge in [0.2, 0.25) is 5.82 Å². The second-order valence-electron chi connectivity index (χ2n) is 5.69. The van der Waals surface area contributed by atoms with Gasteiger partial charge in [0, 0.05) is 24.3 Å². The predicted molar refractivity (Wildman–Crippen MR) is 77.4 cm³/mol. The molecule has 2 aromatic heterocycles. The average molecular weight is 286 g/mol. The van der Waals surface area contributed by atoms with Gasteiger partial charge in [0.1, 0.15) is 5.69 Å². The van der Waals surface area contributed by atoms with E-state index in [2.05, 4.69) is 45.0 Å². The first-order valence-corrected chi connectivity index (χ1v) is 6.95. The number of nitrogens with zero attached hydrogens (tertiary/aromatic N) is 4. The van der Waals surface area contributed by atoms with Crippen molar-refractivity contribution in [2.75, 3.05) is 0 Å². The van der Waals surface area contributed by atoms with E-state index >= 15 is 0 Å². The minimum atomic E-state index is -0.178. The first-order valence-electron chi connectivity index (χ1n) is 6.95. The maximum Gasteiger partial charge on any atom is 0.268 e. The zero-order valence-electron chi connectivity index (χ0n) is 12.1. The first kappa shape index (κ1) is 13.5. The van der Waals surface area contributed by atoms with Crippen LogP contribution in [0.3, 0.4) is 0 Å². The fourth-order valence-electron chi connectivity index (χ4n) is 2.61. The molecule has 7 nitrogen and oxygen atoms in total. The summed E-state index contributed by atoms with van der Waals surface area (Å²) in [7, 11) is 1.83. The van der Waals surface area contributed by atoms with E-state index in [1.54, 1.807) is 10.6 Å². The monoisotopic (exact) mass is 286 g/mol. The molecule has 2 N–H and O–H groups in total. The van der Waals surface area contributed by atoms with Crippen LogP contribution in [0.4, 0.5) is 0 Å². The predicted octanol–water partition coefficient (Wildman–Crippen LogP) is 1.43. The minimum absolute atomic E-state index is 0.0787. The van der Waals surface area contributed by atoms with Crippen LogP contribution in [0.2, 0.25) is 0 Å². The van der Waals surface area contributed by atoms with Gasteiger partial charge in [-0.05, 0) is 37.5 Å². The first-order chi connectivity index (χ1) is 10.1. The summed E-state index contributed by atoms with van der Waals surface area (Å²) >= 11 is 0. The van der Waals surface area contributed by atoms with Crippen LogP contribution < -0.4 is 5.32 Å². The van der Waals surface area contributed by atoms with Crippen molar-refractivity contribution in [2.45, 2.75) is 31.7 Å².